The van der Waals surface area contributed by atoms with Crippen LogP contribution in [0.4, 0.5) is 5.69 Å². The number of hydrogen-bond donors (Lipinski definition) is 2. The number of amides is 1. The summed E-state index contributed by atoms with van der Waals surface area (Å²) in [6.45, 7) is 0.0749. The van der Waals surface area contributed by atoms with E-state index in [1.54, 1.807) is 0 Å². The van der Waals surface area contributed by atoms with E-state index in [0.29, 0.717) is 6.42 Å². The lowest BCUT2D eigenvalue weighted by atomic mass is 10.1. The van der Waals surface area contributed by atoms with Gasteiger partial charge in [-0.3, -0.25) is 14.9 Å². The van der Waals surface area contributed by atoms with Crippen molar-refractivity contribution in [3.63, 3.8) is 0 Å². The standard InChI is InChI=1S/C12H14Cl2N2O5/c1-21-6-8(2-3-17)15-12(18)7-4-9(13)11(14)10(5-7)16(19)20/h4-5,8,17H,2-3,6H2,1H3,(H,15,18). The van der Waals surface area contributed by atoms with Crippen molar-refractivity contribution < 1.29 is 19.6 Å². The van der Waals surface area contributed by atoms with Gasteiger partial charge in [-0.05, 0) is 12.5 Å². The highest BCUT2D eigenvalue weighted by molar-refractivity contribution is 6.43. The topological polar surface area (TPSA) is 102 Å². The number of methoxy groups -OCH3 is 1. The van der Waals surface area contributed by atoms with Crippen LogP contribution < -0.4 is 5.32 Å². The van der Waals surface area contributed by atoms with Crippen molar-refractivity contribution >= 4 is 34.8 Å². The molecular formula is C12H14Cl2N2O5. The first kappa shape index (κ1) is 17.6. The van der Waals surface area contributed by atoms with Gasteiger partial charge in [0.2, 0.25) is 0 Å². The molecule has 1 amide bonds. The summed E-state index contributed by atoms with van der Waals surface area (Å²) >= 11 is 11.5. The zero-order chi connectivity index (χ0) is 16.0. The lowest BCUT2D eigenvalue weighted by Crippen LogP contribution is -2.38. The minimum Gasteiger partial charge on any atom is -0.396 e. The van der Waals surface area contributed by atoms with Crippen molar-refractivity contribution in [1.29, 1.82) is 0 Å². The maximum atomic E-state index is 12.1. The summed E-state index contributed by atoms with van der Waals surface area (Å²) in [5.41, 5.74) is -0.435. The van der Waals surface area contributed by atoms with Crippen LogP contribution in [0.15, 0.2) is 12.1 Å². The predicted octanol–water partition coefficient (Wildman–Crippen LogP) is 2.03. The number of nitrogens with zero attached hydrogens (tertiary/aromatic N) is 1. The fraction of sp³-hybridized carbons (Fsp3) is 0.417. The maximum absolute atomic E-state index is 12.1. The van der Waals surface area contributed by atoms with E-state index in [9.17, 15) is 14.9 Å². The molecule has 0 aromatic heterocycles. The molecule has 0 aliphatic heterocycles. The van der Waals surface area contributed by atoms with Gasteiger partial charge in [0.25, 0.3) is 11.6 Å². The molecule has 0 fully saturated rings. The Labute approximate surface area is 130 Å². The quantitative estimate of drug-likeness (QED) is 0.585. The van der Waals surface area contributed by atoms with Gasteiger partial charge in [-0.1, -0.05) is 23.2 Å². The summed E-state index contributed by atoms with van der Waals surface area (Å²) in [5, 5.41) is 22.1. The second kappa shape index (κ2) is 8.14. The highest BCUT2D eigenvalue weighted by Crippen LogP contribution is 2.33. The van der Waals surface area contributed by atoms with Crippen molar-refractivity contribution in [2.24, 2.45) is 0 Å². The van der Waals surface area contributed by atoms with Crippen LogP contribution in [-0.4, -0.2) is 42.3 Å². The molecule has 0 aliphatic rings. The molecule has 21 heavy (non-hydrogen) atoms. The molecule has 7 nitrogen and oxygen atoms in total. The number of benzene rings is 1. The molecule has 1 aromatic carbocycles. The summed E-state index contributed by atoms with van der Waals surface area (Å²) in [6.07, 6.45) is 0.295. The first-order valence-corrected chi connectivity index (χ1v) is 6.70. The predicted molar refractivity (Wildman–Crippen MR) is 77.9 cm³/mol. The molecule has 2 N–H and O–H groups in total. The Morgan fingerprint density at radius 2 is 2.19 bits per heavy atom. The van der Waals surface area contributed by atoms with E-state index in [1.807, 2.05) is 0 Å². The lowest BCUT2D eigenvalue weighted by Gasteiger charge is -2.17. The highest BCUT2D eigenvalue weighted by Gasteiger charge is 2.21. The van der Waals surface area contributed by atoms with Crippen molar-refractivity contribution in [2.75, 3.05) is 20.3 Å². The summed E-state index contributed by atoms with van der Waals surface area (Å²) in [5.74, 6) is -0.563. The number of ether oxygens (including phenoxy) is 1. The number of aliphatic hydroxyl groups is 1. The molecule has 0 aliphatic carbocycles. The van der Waals surface area contributed by atoms with E-state index in [2.05, 4.69) is 5.32 Å². The molecule has 116 valence electrons. The third-order valence-corrected chi connectivity index (χ3v) is 3.44. The molecular weight excluding hydrogens is 323 g/mol. The Kier molecular flexibility index (Phi) is 6.83. The summed E-state index contributed by atoms with van der Waals surface area (Å²) < 4.78 is 4.92. The van der Waals surface area contributed by atoms with Gasteiger partial charge in [-0.25, -0.2) is 0 Å². The van der Waals surface area contributed by atoms with E-state index in [0.717, 1.165) is 6.07 Å². The average molecular weight is 337 g/mol. The third-order valence-electron chi connectivity index (χ3n) is 2.65. The number of halogens is 2. The van der Waals surface area contributed by atoms with Crippen molar-refractivity contribution in [3.8, 4) is 0 Å². The van der Waals surface area contributed by atoms with Gasteiger partial charge in [0, 0.05) is 25.3 Å². The Morgan fingerprint density at radius 3 is 2.71 bits per heavy atom. The number of carbonyl (C=O) groups excluding carboxylic acids is 1. The van der Waals surface area contributed by atoms with Crippen molar-refractivity contribution in [1.82, 2.24) is 5.32 Å². The van der Waals surface area contributed by atoms with Crippen LogP contribution >= 0.6 is 23.2 Å². The minimum absolute atomic E-state index is 0.00939. The van der Waals surface area contributed by atoms with Gasteiger partial charge in [0.05, 0.1) is 22.6 Å². The van der Waals surface area contributed by atoms with Crippen LogP contribution in [0.5, 0.6) is 0 Å². The molecule has 0 saturated carbocycles. The molecule has 1 aromatic rings. The van der Waals surface area contributed by atoms with E-state index >= 15 is 0 Å². The average Bonchev–Trinajstić information content (AvgIpc) is 2.41. The molecule has 0 bridgehead atoms. The second-order valence-electron chi connectivity index (χ2n) is 4.19. The van der Waals surface area contributed by atoms with Gasteiger partial charge < -0.3 is 15.2 Å². The number of nitro groups is 1. The molecule has 0 saturated heterocycles. The first-order valence-electron chi connectivity index (χ1n) is 5.94. The molecule has 1 atom stereocenters. The van der Waals surface area contributed by atoms with Crippen LogP contribution in [0.3, 0.4) is 0 Å². The molecule has 1 rings (SSSR count). The maximum Gasteiger partial charge on any atom is 0.290 e. The third kappa shape index (κ3) is 4.82. The molecule has 0 heterocycles. The zero-order valence-electron chi connectivity index (χ0n) is 11.1. The molecule has 1 unspecified atom stereocenters. The van der Waals surface area contributed by atoms with E-state index in [1.165, 1.54) is 13.2 Å². The largest absolute Gasteiger partial charge is 0.396 e. The second-order valence-corrected chi connectivity index (χ2v) is 4.97. The summed E-state index contributed by atoms with van der Waals surface area (Å²) in [4.78, 5) is 22.2. The van der Waals surface area contributed by atoms with Crippen LogP contribution in [0.1, 0.15) is 16.8 Å². The number of nitro benzene ring substituents is 1. The summed E-state index contributed by atoms with van der Waals surface area (Å²) in [6, 6.07) is 1.88. The highest BCUT2D eigenvalue weighted by atomic mass is 35.5. The Balaban J connectivity index is 2.99. The van der Waals surface area contributed by atoms with E-state index in [4.69, 9.17) is 33.0 Å². The van der Waals surface area contributed by atoms with Crippen LogP contribution in [0, 0.1) is 10.1 Å². The van der Waals surface area contributed by atoms with E-state index < -0.39 is 22.6 Å². The minimum atomic E-state index is -0.717. The number of carbonyl (C=O) groups is 1. The van der Waals surface area contributed by atoms with Crippen LogP contribution in [0.25, 0.3) is 0 Å². The fourth-order valence-electron chi connectivity index (χ4n) is 1.66. The molecule has 0 radical (unpaired) electrons. The monoisotopic (exact) mass is 336 g/mol. The Morgan fingerprint density at radius 1 is 1.52 bits per heavy atom. The zero-order valence-corrected chi connectivity index (χ0v) is 12.6. The fourth-order valence-corrected chi connectivity index (χ4v) is 2.05. The van der Waals surface area contributed by atoms with Crippen LogP contribution in [-0.2, 0) is 4.74 Å². The first-order chi connectivity index (χ1) is 9.90. The summed E-state index contributed by atoms with van der Waals surface area (Å²) in [7, 11) is 1.46. The smallest absolute Gasteiger partial charge is 0.290 e. The SMILES string of the molecule is COCC(CCO)NC(=O)c1cc(Cl)c(Cl)c([N+](=O)[O-])c1. The normalized spacial score (nSPS) is 12.0. The van der Waals surface area contributed by atoms with Crippen LogP contribution in [0.2, 0.25) is 10.0 Å². The van der Waals surface area contributed by atoms with Gasteiger partial charge in [-0.15, -0.1) is 0 Å². The van der Waals surface area contributed by atoms with E-state index in [-0.39, 0.29) is 28.8 Å². The van der Waals surface area contributed by atoms with Gasteiger partial charge in [0.15, 0.2) is 0 Å². The van der Waals surface area contributed by atoms with Gasteiger partial charge in [-0.2, -0.15) is 0 Å². The number of hydrogen-bond acceptors (Lipinski definition) is 5. The number of aliphatic hydroxyl groups excluding tert-OH is 1. The Hall–Kier alpha value is -1.41. The Bertz CT molecular complexity index is 533. The molecule has 9 heteroatoms. The van der Waals surface area contributed by atoms with Gasteiger partial charge >= 0.3 is 0 Å². The molecule has 0 spiro atoms. The van der Waals surface area contributed by atoms with Gasteiger partial charge in [0.1, 0.15) is 5.02 Å². The number of rotatable bonds is 7. The lowest BCUT2D eigenvalue weighted by molar-refractivity contribution is -0.384. The van der Waals surface area contributed by atoms with Crippen molar-refractivity contribution in [3.05, 3.63) is 37.9 Å². The van der Waals surface area contributed by atoms with Crippen molar-refractivity contribution in [2.45, 2.75) is 12.5 Å². The number of nitrogens with one attached hydrogen (secondary N) is 1.